The standard InChI is InChI=1S/C7H4ClFO5/c8-7(14)1-2(9)4(11)6(13)5(12)3(1)10/h10-13H. The summed E-state index contributed by atoms with van der Waals surface area (Å²) in [7, 11) is 0. The summed E-state index contributed by atoms with van der Waals surface area (Å²) in [6.45, 7) is 0. The van der Waals surface area contributed by atoms with Crippen LogP contribution in [0, 0.1) is 5.82 Å². The van der Waals surface area contributed by atoms with Crippen molar-refractivity contribution in [1.82, 2.24) is 0 Å². The first kappa shape index (κ1) is 10.4. The molecule has 0 fully saturated rings. The monoisotopic (exact) mass is 222 g/mol. The van der Waals surface area contributed by atoms with Crippen molar-refractivity contribution in [2.45, 2.75) is 0 Å². The highest BCUT2D eigenvalue weighted by atomic mass is 35.5. The van der Waals surface area contributed by atoms with E-state index in [9.17, 15) is 9.18 Å². The number of benzene rings is 1. The van der Waals surface area contributed by atoms with Gasteiger partial charge in [-0.05, 0) is 11.6 Å². The number of rotatable bonds is 1. The molecule has 1 rings (SSSR count). The van der Waals surface area contributed by atoms with E-state index in [2.05, 4.69) is 0 Å². The molecule has 1 aromatic rings. The van der Waals surface area contributed by atoms with Crippen LogP contribution in [0.1, 0.15) is 10.4 Å². The van der Waals surface area contributed by atoms with Gasteiger partial charge >= 0.3 is 0 Å². The van der Waals surface area contributed by atoms with Gasteiger partial charge in [0.25, 0.3) is 5.24 Å². The Labute approximate surface area is 81.6 Å². The van der Waals surface area contributed by atoms with Crippen molar-refractivity contribution in [2.75, 3.05) is 0 Å². The maximum absolute atomic E-state index is 13.0. The molecule has 0 radical (unpaired) electrons. The Morgan fingerprint density at radius 1 is 1.00 bits per heavy atom. The average molecular weight is 223 g/mol. The van der Waals surface area contributed by atoms with Crippen LogP contribution in [0.5, 0.6) is 23.0 Å². The van der Waals surface area contributed by atoms with E-state index in [-0.39, 0.29) is 0 Å². The van der Waals surface area contributed by atoms with E-state index in [1.54, 1.807) is 0 Å². The van der Waals surface area contributed by atoms with Crippen molar-refractivity contribution in [3.8, 4) is 23.0 Å². The molecule has 1 aromatic carbocycles. The predicted molar refractivity (Wildman–Crippen MR) is 43.2 cm³/mol. The largest absolute Gasteiger partial charge is 0.504 e. The summed E-state index contributed by atoms with van der Waals surface area (Å²) in [4.78, 5) is 10.6. The van der Waals surface area contributed by atoms with Crippen LogP contribution in [0.25, 0.3) is 0 Å². The lowest BCUT2D eigenvalue weighted by Gasteiger charge is -2.07. The summed E-state index contributed by atoms with van der Waals surface area (Å²) >= 11 is 4.87. The lowest BCUT2D eigenvalue weighted by molar-refractivity contribution is 0.107. The zero-order chi connectivity index (χ0) is 11.0. The molecule has 0 bridgehead atoms. The zero-order valence-corrected chi connectivity index (χ0v) is 7.21. The molecule has 14 heavy (non-hydrogen) atoms. The second-order valence-corrected chi connectivity index (χ2v) is 2.70. The molecule has 0 aliphatic heterocycles. The number of phenolic OH excluding ortho intramolecular Hbond substituents is 4. The van der Waals surface area contributed by atoms with Gasteiger partial charge in [-0.1, -0.05) is 0 Å². The maximum Gasteiger partial charge on any atom is 0.259 e. The molecule has 0 saturated carbocycles. The van der Waals surface area contributed by atoms with Crippen LogP contribution in [0.3, 0.4) is 0 Å². The summed E-state index contributed by atoms with van der Waals surface area (Å²) in [6.07, 6.45) is 0. The molecule has 5 nitrogen and oxygen atoms in total. The predicted octanol–water partition coefficient (Wildman–Crippen LogP) is 1.03. The van der Waals surface area contributed by atoms with Gasteiger partial charge < -0.3 is 20.4 Å². The van der Waals surface area contributed by atoms with Crippen LogP contribution < -0.4 is 0 Å². The third-order valence-electron chi connectivity index (χ3n) is 1.53. The molecule has 0 heterocycles. The SMILES string of the molecule is O=C(Cl)c1c(O)c(O)c(O)c(O)c1F. The zero-order valence-electron chi connectivity index (χ0n) is 6.45. The van der Waals surface area contributed by atoms with Crippen molar-refractivity contribution in [1.29, 1.82) is 0 Å². The normalized spacial score (nSPS) is 10.1. The van der Waals surface area contributed by atoms with Gasteiger partial charge in [0, 0.05) is 0 Å². The fourth-order valence-corrected chi connectivity index (χ4v) is 1.02. The Bertz CT molecular complexity index is 388. The molecule has 0 aromatic heterocycles. The first-order chi connectivity index (χ1) is 6.37. The molecule has 0 aliphatic carbocycles. The minimum Gasteiger partial charge on any atom is -0.504 e. The van der Waals surface area contributed by atoms with E-state index in [1.807, 2.05) is 0 Å². The van der Waals surface area contributed by atoms with Crippen LogP contribution in [-0.4, -0.2) is 25.7 Å². The van der Waals surface area contributed by atoms with Crippen molar-refractivity contribution in [3.63, 3.8) is 0 Å². The quantitative estimate of drug-likeness (QED) is 0.323. The number of hydrogen-bond acceptors (Lipinski definition) is 5. The fraction of sp³-hybridized carbons (Fsp3) is 0. The highest BCUT2D eigenvalue weighted by Crippen LogP contribution is 2.46. The lowest BCUT2D eigenvalue weighted by atomic mass is 10.1. The second kappa shape index (κ2) is 3.22. The van der Waals surface area contributed by atoms with Gasteiger partial charge in [-0.15, -0.1) is 0 Å². The number of aromatic hydroxyl groups is 4. The minimum absolute atomic E-state index is 1.10. The smallest absolute Gasteiger partial charge is 0.259 e. The van der Waals surface area contributed by atoms with Gasteiger partial charge in [-0.2, -0.15) is 0 Å². The van der Waals surface area contributed by atoms with Crippen LogP contribution in [0.4, 0.5) is 4.39 Å². The van der Waals surface area contributed by atoms with Crippen molar-refractivity contribution < 1.29 is 29.6 Å². The molecule has 0 aliphatic rings. The number of carbonyl (C=O) groups excluding carboxylic acids is 1. The molecule has 7 heteroatoms. The molecule has 4 N–H and O–H groups in total. The van der Waals surface area contributed by atoms with Gasteiger partial charge in [0.1, 0.15) is 5.56 Å². The van der Waals surface area contributed by atoms with Gasteiger partial charge in [0.2, 0.25) is 11.5 Å². The molecule has 0 spiro atoms. The van der Waals surface area contributed by atoms with Crippen LogP contribution >= 0.6 is 11.6 Å². The summed E-state index contributed by atoms with van der Waals surface area (Å²) in [5.41, 5.74) is -1.10. The van der Waals surface area contributed by atoms with Gasteiger partial charge in [0.15, 0.2) is 17.3 Å². The first-order valence-corrected chi connectivity index (χ1v) is 3.60. The molecule has 0 atom stereocenters. The Morgan fingerprint density at radius 2 is 1.43 bits per heavy atom. The molecular weight excluding hydrogens is 219 g/mol. The Kier molecular flexibility index (Phi) is 2.39. The summed E-state index contributed by atoms with van der Waals surface area (Å²) in [5.74, 6) is -6.66. The molecular formula is C7H4ClFO5. The Hall–Kier alpha value is -1.69. The number of halogens is 2. The lowest BCUT2D eigenvalue weighted by Crippen LogP contribution is -1.96. The fourth-order valence-electron chi connectivity index (χ4n) is 0.848. The first-order valence-electron chi connectivity index (χ1n) is 3.23. The average Bonchev–Trinajstić information content (AvgIpc) is 2.11. The van der Waals surface area contributed by atoms with Crippen molar-refractivity contribution >= 4 is 16.8 Å². The summed E-state index contributed by atoms with van der Waals surface area (Å²) in [6, 6.07) is 0. The van der Waals surface area contributed by atoms with Crippen LogP contribution in [0.2, 0.25) is 0 Å². The van der Waals surface area contributed by atoms with E-state index >= 15 is 0 Å². The molecule has 0 amide bonds. The summed E-state index contributed by atoms with van der Waals surface area (Å²) in [5, 5.41) is 34.1. The van der Waals surface area contributed by atoms with E-state index in [0.717, 1.165) is 0 Å². The van der Waals surface area contributed by atoms with E-state index < -0.39 is 39.6 Å². The molecule has 0 unspecified atom stereocenters. The summed E-state index contributed by atoms with van der Waals surface area (Å²) < 4.78 is 13.0. The molecule has 76 valence electrons. The van der Waals surface area contributed by atoms with Gasteiger partial charge in [-0.25, -0.2) is 4.39 Å². The highest BCUT2D eigenvalue weighted by Gasteiger charge is 2.26. The topological polar surface area (TPSA) is 98.0 Å². The minimum atomic E-state index is -1.60. The van der Waals surface area contributed by atoms with E-state index in [0.29, 0.717) is 0 Å². The third-order valence-corrected chi connectivity index (χ3v) is 1.72. The molecule has 0 saturated heterocycles. The Morgan fingerprint density at radius 3 is 1.86 bits per heavy atom. The van der Waals surface area contributed by atoms with Crippen LogP contribution in [-0.2, 0) is 0 Å². The maximum atomic E-state index is 13.0. The van der Waals surface area contributed by atoms with Gasteiger partial charge in [0.05, 0.1) is 0 Å². The number of carbonyl (C=O) groups is 1. The second-order valence-electron chi connectivity index (χ2n) is 2.36. The van der Waals surface area contributed by atoms with Crippen molar-refractivity contribution in [2.24, 2.45) is 0 Å². The van der Waals surface area contributed by atoms with E-state index in [1.165, 1.54) is 0 Å². The Balaban J connectivity index is 3.68. The van der Waals surface area contributed by atoms with Crippen molar-refractivity contribution in [3.05, 3.63) is 11.4 Å². The van der Waals surface area contributed by atoms with Gasteiger partial charge in [-0.3, -0.25) is 4.79 Å². The van der Waals surface area contributed by atoms with Crippen LogP contribution in [0.15, 0.2) is 0 Å². The number of hydrogen-bond donors (Lipinski definition) is 4. The third kappa shape index (κ3) is 1.29. The number of phenols is 4. The van der Waals surface area contributed by atoms with E-state index in [4.69, 9.17) is 32.0 Å². The highest BCUT2D eigenvalue weighted by molar-refractivity contribution is 6.68.